The maximum absolute atomic E-state index is 12.9. The van der Waals surface area contributed by atoms with Crippen molar-refractivity contribution in [1.82, 2.24) is 5.32 Å². The van der Waals surface area contributed by atoms with Crippen LogP contribution in [-0.2, 0) is 20.9 Å². The number of nitrogens with one attached hydrogen (secondary N) is 2. The van der Waals surface area contributed by atoms with E-state index in [4.69, 9.17) is 13.9 Å². The third kappa shape index (κ3) is 3.46. The molecule has 7 heteroatoms. The van der Waals surface area contributed by atoms with Gasteiger partial charge in [0.2, 0.25) is 11.8 Å². The number of anilines is 1. The molecule has 0 spiro atoms. The number of hydrogen-bond donors (Lipinski definition) is 2. The van der Waals surface area contributed by atoms with Crippen LogP contribution in [0.2, 0.25) is 0 Å². The number of furan rings is 1. The minimum Gasteiger partial charge on any atom is -0.497 e. The maximum atomic E-state index is 12.9. The van der Waals surface area contributed by atoms with Crippen molar-refractivity contribution in [3.05, 3.63) is 60.6 Å². The molecule has 3 heterocycles. The van der Waals surface area contributed by atoms with Gasteiger partial charge in [0, 0.05) is 5.69 Å². The molecule has 0 aliphatic carbocycles. The van der Waals surface area contributed by atoms with Crippen molar-refractivity contribution in [1.29, 1.82) is 0 Å². The number of fused-ring (bicyclic) bond motifs is 2. The number of amides is 2. The van der Waals surface area contributed by atoms with Gasteiger partial charge in [-0.3, -0.25) is 9.59 Å². The Bertz CT molecular complexity index is 844. The molecule has 0 saturated carbocycles. The van der Waals surface area contributed by atoms with Crippen molar-refractivity contribution in [3.63, 3.8) is 0 Å². The van der Waals surface area contributed by atoms with Gasteiger partial charge in [-0.05, 0) is 36.4 Å². The van der Waals surface area contributed by atoms with Crippen LogP contribution in [0.25, 0.3) is 0 Å². The summed E-state index contributed by atoms with van der Waals surface area (Å²) in [5.41, 5.74) is 0.641. The molecule has 2 bridgehead atoms. The molecule has 1 aromatic heterocycles. The van der Waals surface area contributed by atoms with Crippen molar-refractivity contribution < 1.29 is 23.5 Å². The Kier molecular flexibility index (Phi) is 4.68. The van der Waals surface area contributed by atoms with Crippen LogP contribution in [0.1, 0.15) is 5.76 Å². The lowest BCUT2D eigenvalue weighted by atomic mass is 9.81. The maximum Gasteiger partial charge on any atom is 0.231 e. The van der Waals surface area contributed by atoms with Crippen LogP contribution in [0.15, 0.2) is 59.2 Å². The molecule has 1 saturated heterocycles. The van der Waals surface area contributed by atoms with E-state index in [0.717, 1.165) is 0 Å². The fourth-order valence-electron chi connectivity index (χ4n) is 3.54. The van der Waals surface area contributed by atoms with Gasteiger partial charge in [0.1, 0.15) is 11.5 Å². The molecule has 2 aliphatic heterocycles. The summed E-state index contributed by atoms with van der Waals surface area (Å²) in [4.78, 5) is 25.6. The normalized spacial score (nSPS) is 25.4. The van der Waals surface area contributed by atoms with Gasteiger partial charge in [-0.2, -0.15) is 0 Å². The Balaban J connectivity index is 1.45. The molecule has 4 rings (SSSR count). The van der Waals surface area contributed by atoms with Crippen LogP contribution >= 0.6 is 0 Å². The van der Waals surface area contributed by atoms with Gasteiger partial charge in [0.25, 0.3) is 0 Å². The fourth-order valence-corrected chi connectivity index (χ4v) is 3.54. The highest BCUT2D eigenvalue weighted by Gasteiger charge is 2.52. The lowest BCUT2D eigenvalue weighted by Crippen LogP contribution is -2.44. The smallest absolute Gasteiger partial charge is 0.231 e. The zero-order valence-electron chi connectivity index (χ0n) is 14.8. The first kappa shape index (κ1) is 17.4. The van der Waals surface area contributed by atoms with E-state index in [1.807, 2.05) is 12.2 Å². The largest absolute Gasteiger partial charge is 0.497 e. The molecule has 2 N–H and O–H groups in total. The molecule has 1 aromatic carbocycles. The Labute approximate surface area is 156 Å². The van der Waals surface area contributed by atoms with Crippen LogP contribution < -0.4 is 15.4 Å². The summed E-state index contributed by atoms with van der Waals surface area (Å²) in [6.45, 7) is 0.274. The van der Waals surface area contributed by atoms with E-state index in [-0.39, 0.29) is 18.4 Å². The van der Waals surface area contributed by atoms with Crippen LogP contribution in [0.4, 0.5) is 5.69 Å². The highest BCUT2D eigenvalue weighted by Crippen LogP contribution is 2.40. The molecular formula is C20H20N2O5. The number of benzene rings is 1. The van der Waals surface area contributed by atoms with Crippen LogP contribution in [0.3, 0.4) is 0 Å². The van der Waals surface area contributed by atoms with Crippen molar-refractivity contribution >= 4 is 17.5 Å². The predicted octanol–water partition coefficient (Wildman–Crippen LogP) is 2.11. The highest BCUT2D eigenvalue weighted by molar-refractivity contribution is 5.97. The molecule has 0 unspecified atom stereocenters. The topological polar surface area (TPSA) is 89.8 Å². The average Bonchev–Trinajstić information content (AvgIpc) is 3.43. The average molecular weight is 368 g/mol. The second-order valence-corrected chi connectivity index (χ2v) is 6.52. The van der Waals surface area contributed by atoms with Gasteiger partial charge >= 0.3 is 0 Å². The molecule has 0 radical (unpaired) electrons. The van der Waals surface area contributed by atoms with E-state index in [0.29, 0.717) is 17.2 Å². The van der Waals surface area contributed by atoms with Crippen LogP contribution in [-0.4, -0.2) is 31.1 Å². The first-order chi connectivity index (χ1) is 13.2. The Morgan fingerprint density at radius 3 is 2.37 bits per heavy atom. The summed E-state index contributed by atoms with van der Waals surface area (Å²) < 4.78 is 16.1. The second-order valence-electron chi connectivity index (χ2n) is 6.52. The SMILES string of the molecule is COc1ccc(NC(=O)[C@H]2[C@@H](C(=O)NCc3ccco3)[C@H]3C=C[C@@H]2O3)cc1. The Morgan fingerprint density at radius 2 is 1.74 bits per heavy atom. The zero-order valence-corrected chi connectivity index (χ0v) is 14.8. The van der Waals surface area contributed by atoms with Gasteiger partial charge in [-0.15, -0.1) is 0 Å². The van der Waals surface area contributed by atoms with Gasteiger partial charge in [0.15, 0.2) is 0 Å². The molecule has 140 valence electrons. The summed E-state index contributed by atoms with van der Waals surface area (Å²) >= 11 is 0. The van der Waals surface area contributed by atoms with E-state index in [1.54, 1.807) is 49.8 Å². The standard InChI is InChI=1S/C20H20N2O5/c1-25-13-6-4-12(5-7-13)22-20(24)18-16-9-8-15(27-16)17(18)19(23)21-11-14-3-2-10-26-14/h2-10,15-18H,11H2,1H3,(H,21,23)(H,22,24)/t15-,16+,17+,18-/m1/s1. The number of hydrogen-bond acceptors (Lipinski definition) is 5. The molecule has 7 nitrogen and oxygen atoms in total. The molecule has 2 amide bonds. The number of carbonyl (C=O) groups is 2. The van der Waals surface area contributed by atoms with E-state index < -0.39 is 24.0 Å². The lowest BCUT2D eigenvalue weighted by molar-refractivity contribution is -0.131. The molecule has 27 heavy (non-hydrogen) atoms. The van der Waals surface area contributed by atoms with E-state index >= 15 is 0 Å². The summed E-state index contributed by atoms with van der Waals surface area (Å²) in [5, 5.41) is 5.70. The molecule has 4 atom stereocenters. The summed E-state index contributed by atoms with van der Waals surface area (Å²) in [5.74, 6) is -0.267. The Morgan fingerprint density at radius 1 is 1.04 bits per heavy atom. The van der Waals surface area contributed by atoms with Crippen LogP contribution in [0, 0.1) is 11.8 Å². The fraction of sp³-hybridized carbons (Fsp3) is 0.300. The minimum atomic E-state index is -0.585. The number of carbonyl (C=O) groups excluding carboxylic acids is 2. The molecule has 2 aliphatic rings. The second kappa shape index (κ2) is 7.28. The summed E-state index contributed by atoms with van der Waals surface area (Å²) in [7, 11) is 1.58. The summed E-state index contributed by atoms with van der Waals surface area (Å²) in [6.07, 6.45) is 4.46. The van der Waals surface area contributed by atoms with Gasteiger partial charge in [0.05, 0.1) is 44.0 Å². The van der Waals surface area contributed by atoms with Gasteiger partial charge < -0.3 is 24.5 Å². The van der Waals surface area contributed by atoms with E-state index in [1.165, 1.54) is 0 Å². The Hall–Kier alpha value is -3.06. The number of methoxy groups -OCH3 is 1. The van der Waals surface area contributed by atoms with E-state index in [9.17, 15) is 9.59 Å². The van der Waals surface area contributed by atoms with Gasteiger partial charge in [-0.1, -0.05) is 12.2 Å². The van der Waals surface area contributed by atoms with Gasteiger partial charge in [-0.25, -0.2) is 0 Å². The molecule has 2 aromatic rings. The van der Waals surface area contributed by atoms with Crippen molar-refractivity contribution in [2.24, 2.45) is 11.8 Å². The van der Waals surface area contributed by atoms with Crippen molar-refractivity contribution in [2.75, 3.05) is 12.4 Å². The third-order valence-electron chi connectivity index (χ3n) is 4.88. The lowest BCUT2D eigenvalue weighted by Gasteiger charge is -2.23. The first-order valence-corrected chi connectivity index (χ1v) is 8.74. The number of ether oxygens (including phenoxy) is 2. The third-order valence-corrected chi connectivity index (χ3v) is 4.88. The summed E-state index contributed by atoms with van der Waals surface area (Å²) in [6, 6.07) is 10.6. The number of rotatable bonds is 6. The van der Waals surface area contributed by atoms with Crippen molar-refractivity contribution in [3.8, 4) is 5.75 Å². The molecule has 1 fully saturated rings. The quantitative estimate of drug-likeness (QED) is 0.763. The highest BCUT2D eigenvalue weighted by atomic mass is 16.5. The van der Waals surface area contributed by atoms with E-state index in [2.05, 4.69) is 10.6 Å². The monoisotopic (exact) mass is 368 g/mol. The van der Waals surface area contributed by atoms with Crippen molar-refractivity contribution in [2.45, 2.75) is 18.8 Å². The predicted molar refractivity (Wildman–Crippen MR) is 97.0 cm³/mol. The first-order valence-electron chi connectivity index (χ1n) is 8.74. The minimum absolute atomic E-state index is 0.224. The van der Waals surface area contributed by atoms with Crippen LogP contribution in [0.5, 0.6) is 5.75 Å². The molecular weight excluding hydrogens is 348 g/mol. The zero-order chi connectivity index (χ0) is 18.8.